The lowest BCUT2D eigenvalue weighted by molar-refractivity contribution is 0.0527. The Balaban J connectivity index is 1.41. The van der Waals surface area contributed by atoms with Crippen LogP contribution in [0.1, 0.15) is 51.4 Å². The number of aryl methyl sites for hydroxylation is 1. The molecule has 0 spiro atoms. The van der Waals surface area contributed by atoms with Crippen molar-refractivity contribution in [3.8, 4) is 0 Å². The number of fused-ring (bicyclic) bond motifs is 1. The second kappa shape index (κ2) is 10.2. The molecule has 0 atom stereocenters. The number of carbonyl (C=O) groups excluding carboxylic acids is 1. The standard InChI is InChI=1S/C20H26FN5O2S2/c1-20(2,3)28-18(27)22-12-8-4-5-11-16-23-24-17-26(16)25-19(30-17)29-13-14-9-6-7-10-15(14)21/h6-7,9-10H,4-5,8,11-13H2,1-3H3,(H,22,27). The number of halogens is 1. The van der Waals surface area contributed by atoms with Crippen LogP contribution in [0.15, 0.2) is 28.6 Å². The van der Waals surface area contributed by atoms with Gasteiger partial charge in [-0.3, -0.25) is 0 Å². The fraction of sp³-hybridized carbons (Fsp3) is 0.500. The molecule has 162 valence electrons. The molecule has 7 nitrogen and oxygen atoms in total. The zero-order valence-corrected chi connectivity index (χ0v) is 19.0. The minimum Gasteiger partial charge on any atom is -0.444 e. The van der Waals surface area contributed by atoms with Crippen LogP contribution in [0.5, 0.6) is 0 Å². The molecule has 0 aliphatic heterocycles. The summed E-state index contributed by atoms with van der Waals surface area (Å²) in [7, 11) is 0. The molecule has 0 radical (unpaired) electrons. The lowest BCUT2D eigenvalue weighted by Gasteiger charge is -2.19. The summed E-state index contributed by atoms with van der Waals surface area (Å²) < 4.78 is 21.6. The first-order valence-corrected chi connectivity index (χ1v) is 11.7. The van der Waals surface area contributed by atoms with Gasteiger partial charge in [0, 0.05) is 18.7 Å². The van der Waals surface area contributed by atoms with Crippen LogP contribution in [0, 0.1) is 5.82 Å². The molecule has 0 saturated heterocycles. The molecule has 0 aliphatic rings. The van der Waals surface area contributed by atoms with Gasteiger partial charge in [0.25, 0.3) is 0 Å². The molecule has 1 N–H and O–H groups in total. The Labute approximate surface area is 183 Å². The molecule has 0 fully saturated rings. The number of carbonyl (C=O) groups is 1. The number of rotatable bonds is 9. The van der Waals surface area contributed by atoms with E-state index in [1.165, 1.54) is 29.2 Å². The molecule has 1 aromatic carbocycles. The first-order valence-electron chi connectivity index (χ1n) is 9.86. The largest absolute Gasteiger partial charge is 0.444 e. The van der Waals surface area contributed by atoms with Gasteiger partial charge in [0.2, 0.25) is 4.96 Å². The van der Waals surface area contributed by atoms with Gasteiger partial charge in [-0.15, -0.1) is 15.3 Å². The van der Waals surface area contributed by atoms with E-state index in [9.17, 15) is 9.18 Å². The number of thioether (sulfide) groups is 1. The van der Waals surface area contributed by atoms with Crippen LogP contribution in [0.3, 0.4) is 0 Å². The van der Waals surface area contributed by atoms with E-state index in [2.05, 4.69) is 20.6 Å². The minimum absolute atomic E-state index is 0.199. The molecule has 0 saturated carbocycles. The van der Waals surface area contributed by atoms with Gasteiger partial charge in [-0.25, -0.2) is 9.18 Å². The highest BCUT2D eigenvalue weighted by Crippen LogP contribution is 2.28. The molecule has 2 aromatic heterocycles. The Bertz CT molecular complexity index is 983. The maximum absolute atomic E-state index is 13.8. The second-order valence-electron chi connectivity index (χ2n) is 7.80. The highest BCUT2D eigenvalue weighted by molar-refractivity contribution is 8.00. The van der Waals surface area contributed by atoms with Crippen molar-refractivity contribution >= 4 is 34.2 Å². The van der Waals surface area contributed by atoms with Crippen molar-refractivity contribution in [3.05, 3.63) is 41.5 Å². The Morgan fingerprint density at radius 3 is 2.80 bits per heavy atom. The number of benzene rings is 1. The Kier molecular flexibility index (Phi) is 7.65. The van der Waals surface area contributed by atoms with E-state index in [0.29, 0.717) is 17.9 Å². The Hall–Kier alpha value is -2.20. The number of ether oxygens (including phenoxy) is 1. The van der Waals surface area contributed by atoms with Crippen LogP contribution in [0.2, 0.25) is 0 Å². The van der Waals surface area contributed by atoms with Crippen molar-refractivity contribution < 1.29 is 13.9 Å². The summed E-state index contributed by atoms with van der Waals surface area (Å²) in [4.78, 5) is 12.3. The average Bonchev–Trinajstić information content (AvgIpc) is 3.23. The number of hydrogen-bond donors (Lipinski definition) is 1. The molecule has 0 bridgehead atoms. The normalized spacial score (nSPS) is 11.7. The quantitative estimate of drug-likeness (QED) is 0.370. The van der Waals surface area contributed by atoms with E-state index in [-0.39, 0.29) is 11.9 Å². The van der Waals surface area contributed by atoms with Gasteiger partial charge in [0.15, 0.2) is 10.2 Å². The number of amides is 1. The average molecular weight is 452 g/mol. The summed E-state index contributed by atoms with van der Waals surface area (Å²) >= 11 is 2.95. The van der Waals surface area contributed by atoms with Crippen LogP contribution in [-0.4, -0.2) is 38.1 Å². The fourth-order valence-corrected chi connectivity index (χ4v) is 4.58. The third-order valence-corrected chi connectivity index (χ3v) is 6.17. The van der Waals surface area contributed by atoms with Crippen LogP contribution in [0.4, 0.5) is 9.18 Å². The van der Waals surface area contributed by atoms with E-state index in [4.69, 9.17) is 4.74 Å². The van der Waals surface area contributed by atoms with Crippen molar-refractivity contribution in [3.63, 3.8) is 0 Å². The smallest absolute Gasteiger partial charge is 0.407 e. The van der Waals surface area contributed by atoms with Crippen LogP contribution in [0.25, 0.3) is 4.96 Å². The van der Waals surface area contributed by atoms with Crippen LogP contribution in [-0.2, 0) is 16.9 Å². The maximum atomic E-state index is 13.8. The van der Waals surface area contributed by atoms with Gasteiger partial charge in [-0.05, 0) is 45.2 Å². The second-order valence-corrected chi connectivity index (χ2v) is 9.98. The molecule has 1 amide bonds. The molecule has 2 heterocycles. The summed E-state index contributed by atoms with van der Waals surface area (Å²) in [5.41, 5.74) is 0.178. The van der Waals surface area contributed by atoms with E-state index >= 15 is 0 Å². The van der Waals surface area contributed by atoms with E-state index in [1.54, 1.807) is 16.6 Å². The third-order valence-electron chi connectivity index (χ3n) is 4.09. The predicted molar refractivity (Wildman–Crippen MR) is 116 cm³/mol. The monoisotopic (exact) mass is 451 g/mol. The highest BCUT2D eigenvalue weighted by Gasteiger charge is 2.15. The summed E-state index contributed by atoms with van der Waals surface area (Å²) in [5.74, 6) is 1.14. The van der Waals surface area contributed by atoms with Crippen LogP contribution < -0.4 is 5.32 Å². The summed E-state index contributed by atoms with van der Waals surface area (Å²) in [6.07, 6.45) is 3.11. The molecule has 0 unspecified atom stereocenters. The van der Waals surface area contributed by atoms with E-state index < -0.39 is 5.60 Å². The Morgan fingerprint density at radius 2 is 2.03 bits per heavy atom. The fourth-order valence-electron chi connectivity index (χ4n) is 2.70. The molecule has 3 aromatic rings. The van der Waals surface area contributed by atoms with Crippen LogP contribution >= 0.6 is 23.1 Å². The van der Waals surface area contributed by atoms with E-state index in [1.807, 2.05) is 26.8 Å². The molecule has 30 heavy (non-hydrogen) atoms. The van der Waals surface area contributed by atoms with E-state index in [0.717, 1.165) is 40.8 Å². The molecular weight excluding hydrogens is 425 g/mol. The Morgan fingerprint density at radius 1 is 1.23 bits per heavy atom. The van der Waals surface area contributed by atoms with Gasteiger partial charge in [-0.1, -0.05) is 47.7 Å². The molecule has 0 aliphatic carbocycles. The molecular formula is C20H26FN5O2S2. The summed E-state index contributed by atoms with van der Waals surface area (Å²) in [5, 5.41) is 15.7. The third kappa shape index (κ3) is 6.66. The molecule has 3 rings (SSSR count). The number of aromatic nitrogens is 4. The first-order chi connectivity index (χ1) is 14.3. The van der Waals surface area contributed by atoms with Crippen molar-refractivity contribution in [1.29, 1.82) is 0 Å². The maximum Gasteiger partial charge on any atom is 0.407 e. The lowest BCUT2D eigenvalue weighted by Crippen LogP contribution is -2.32. The first kappa shape index (κ1) is 22.5. The van der Waals surface area contributed by atoms with Crippen molar-refractivity contribution in [2.75, 3.05) is 6.54 Å². The zero-order valence-electron chi connectivity index (χ0n) is 17.4. The predicted octanol–water partition coefficient (Wildman–Crippen LogP) is 4.85. The van der Waals surface area contributed by atoms with Gasteiger partial charge in [0.05, 0.1) is 0 Å². The van der Waals surface area contributed by atoms with Gasteiger partial charge in [-0.2, -0.15) is 4.52 Å². The number of hydrogen-bond acceptors (Lipinski definition) is 7. The number of nitrogens with zero attached hydrogens (tertiary/aromatic N) is 4. The lowest BCUT2D eigenvalue weighted by atomic mass is 10.2. The summed E-state index contributed by atoms with van der Waals surface area (Å²) in [6.45, 7) is 6.11. The SMILES string of the molecule is CC(C)(C)OC(=O)NCCCCCc1nnc2sc(SCc3ccccc3F)nn12. The highest BCUT2D eigenvalue weighted by atomic mass is 32.2. The van der Waals surface area contributed by atoms with Gasteiger partial charge in [0.1, 0.15) is 11.4 Å². The van der Waals surface area contributed by atoms with Crippen molar-refractivity contribution in [2.45, 2.75) is 62.1 Å². The topological polar surface area (TPSA) is 81.4 Å². The van der Waals surface area contributed by atoms with Gasteiger partial charge < -0.3 is 10.1 Å². The molecule has 10 heteroatoms. The number of unbranched alkanes of at least 4 members (excludes halogenated alkanes) is 2. The minimum atomic E-state index is -0.483. The van der Waals surface area contributed by atoms with Crippen molar-refractivity contribution in [1.82, 2.24) is 25.1 Å². The zero-order chi connectivity index (χ0) is 21.6. The number of alkyl carbamates (subject to hydrolysis) is 1. The number of nitrogens with one attached hydrogen (secondary N) is 1. The van der Waals surface area contributed by atoms with Crippen molar-refractivity contribution in [2.24, 2.45) is 0 Å². The summed E-state index contributed by atoms with van der Waals surface area (Å²) in [6, 6.07) is 6.77. The van der Waals surface area contributed by atoms with Gasteiger partial charge >= 0.3 is 6.09 Å².